The number of carbonyl (C=O) groups excluding carboxylic acids is 1. The summed E-state index contributed by atoms with van der Waals surface area (Å²) in [5.41, 5.74) is 1.44. The zero-order chi connectivity index (χ0) is 16.6. The Morgan fingerprint density at radius 1 is 1.35 bits per heavy atom. The van der Waals surface area contributed by atoms with Crippen LogP contribution in [0, 0.1) is 6.92 Å². The van der Waals surface area contributed by atoms with Gasteiger partial charge in [-0.1, -0.05) is 22.9 Å². The molecule has 8 nitrogen and oxygen atoms in total. The van der Waals surface area contributed by atoms with Gasteiger partial charge >= 0.3 is 0 Å². The Kier molecular flexibility index (Phi) is 3.83. The molecule has 3 rings (SSSR count). The molecule has 1 aromatic carbocycles. The van der Waals surface area contributed by atoms with E-state index in [2.05, 4.69) is 20.7 Å². The van der Waals surface area contributed by atoms with E-state index in [-0.39, 0.29) is 12.1 Å². The lowest BCUT2D eigenvalue weighted by atomic mass is 10.3. The molecule has 9 heteroatoms. The molecule has 118 valence electrons. The minimum absolute atomic E-state index is 0.190. The largest absolute Gasteiger partial charge is 0.324 e. The summed E-state index contributed by atoms with van der Waals surface area (Å²) in [6, 6.07) is 6.72. The summed E-state index contributed by atoms with van der Waals surface area (Å²) in [7, 11) is 1.71. The van der Waals surface area contributed by atoms with Gasteiger partial charge in [0.25, 0.3) is 5.56 Å². The zero-order valence-electron chi connectivity index (χ0n) is 12.4. The van der Waals surface area contributed by atoms with Crippen molar-refractivity contribution in [2.45, 2.75) is 13.5 Å². The highest BCUT2D eigenvalue weighted by atomic mass is 35.5. The van der Waals surface area contributed by atoms with Crippen molar-refractivity contribution in [1.29, 1.82) is 0 Å². The number of carbonyl (C=O) groups is 1. The second kappa shape index (κ2) is 5.81. The van der Waals surface area contributed by atoms with E-state index in [0.29, 0.717) is 16.2 Å². The van der Waals surface area contributed by atoms with E-state index in [1.807, 2.05) is 0 Å². The van der Waals surface area contributed by atoms with Gasteiger partial charge in [-0.2, -0.15) is 9.78 Å². The molecule has 0 saturated carbocycles. The second-order valence-electron chi connectivity index (χ2n) is 5.02. The molecule has 23 heavy (non-hydrogen) atoms. The molecule has 0 unspecified atom stereocenters. The summed E-state index contributed by atoms with van der Waals surface area (Å²) in [4.78, 5) is 24.4. The van der Waals surface area contributed by atoms with Crippen molar-refractivity contribution in [2.75, 3.05) is 5.32 Å². The standard InChI is InChI=1S/C14H13ClN6O2/c1-8-12-13(18-20(8)2)14(23)21(19-17-12)7-11(22)16-10-5-3-4-9(15)6-10/h3-6H,7H2,1-2H3,(H,16,22). The molecule has 0 fully saturated rings. The van der Waals surface area contributed by atoms with Gasteiger partial charge < -0.3 is 5.32 Å². The molecule has 0 aliphatic carbocycles. The van der Waals surface area contributed by atoms with Crippen LogP contribution in [0.15, 0.2) is 29.1 Å². The molecule has 0 atom stereocenters. The van der Waals surface area contributed by atoms with Crippen LogP contribution in [0.4, 0.5) is 5.69 Å². The van der Waals surface area contributed by atoms with Crippen LogP contribution in [0.3, 0.4) is 0 Å². The molecule has 0 spiro atoms. The van der Waals surface area contributed by atoms with Crippen molar-refractivity contribution < 1.29 is 4.79 Å². The lowest BCUT2D eigenvalue weighted by Gasteiger charge is -2.06. The molecule has 0 saturated heterocycles. The van der Waals surface area contributed by atoms with Crippen LogP contribution in [-0.2, 0) is 18.4 Å². The van der Waals surface area contributed by atoms with E-state index in [1.54, 1.807) is 42.9 Å². The molecule has 2 heterocycles. The topological polar surface area (TPSA) is 94.7 Å². The van der Waals surface area contributed by atoms with Crippen molar-refractivity contribution >= 4 is 34.2 Å². The number of amides is 1. The van der Waals surface area contributed by atoms with Crippen LogP contribution in [0.25, 0.3) is 11.0 Å². The fourth-order valence-electron chi connectivity index (χ4n) is 2.13. The van der Waals surface area contributed by atoms with Gasteiger partial charge in [0.15, 0.2) is 5.52 Å². The number of fused-ring (bicyclic) bond motifs is 1. The van der Waals surface area contributed by atoms with Gasteiger partial charge in [-0.05, 0) is 25.1 Å². The van der Waals surface area contributed by atoms with Gasteiger partial charge in [0.2, 0.25) is 5.91 Å². The zero-order valence-corrected chi connectivity index (χ0v) is 13.2. The number of halogens is 1. The minimum atomic E-state index is -0.458. The Balaban J connectivity index is 1.85. The number of nitrogens with one attached hydrogen (secondary N) is 1. The van der Waals surface area contributed by atoms with Gasteiger partial charge in [-0.3, -0.25) is 14.3 Å². The van der Waals surface area contributed by atoms with Crippen molar-refractivity contribution in [3.05, 3.63) is 45.3 Å². The molecule has 0 aliphatic heterocycles. The summed E-state index contributed by atoms with van der Waals surface area (Å²) < 4.78 is 2.53. The van der Waals surface area contributed by atoms with Gasteiger partial charge in [0.05, 0.1) is 5.69 Å². The minimum Gasteiger partial charge on any atom is -0.324 e. The van der Waals surface area contributed by atoms with Crippen LogP contribution >= 0.6 is 11.6 Å². The number of nitrogens with zero attached hydrogens (tertiary/aromatic N) is 5. The SMILES string of the molecule is Cc1c2nnn(CC(=O)Nc3cccc(Cl)c3)c(=O)c2nn1C. The number of rotatable bonds is 3. The number of hydrogen-bond donors (Lipinski definition) is 1. The van der Waals surface area contributed by atoms with Gasteiger partial charge in [-0.25, -0.2) is 0 Å². The summed E-state index contributed by atoms with van der Waals surface area (Å²) in [6.45, 7) is 1.53. The Hall–Kier alpha value is -2.74. The van der Waals surface area contributed by atoms with Crippen molar-refractivity contribution in [1.82, 2.24) is 24.8 Å². The average Bonchev–Trinajstić information content (AvgIpc) is 2.78. The van der Waals surface area contributed by atoms with E-state index in [4.69, 9.17) is 11.6 Å². The first-order valence-electron chi connectivity index (χ1n) is 6.78. The van der Waals surface area contributed by atoms with E-state index >= 15 is 0 Å². The first-order valence-corrected chi connectivity index (χ1v) is 7.16. The highest BCUT2D eigenvalue weighted by Crippen LogP contribution is 2.14. The third kappa shape index (κ3) is 2.93. The maximum absolute atomic E-state index is 12.3. The van der Waals surface area contributed by atoms with Crippen LogP contribution in [0.5, 0.6) is 0 Å². The van der Waals surface area contributed by atoms with E-state index in [9.17, 15) is 9.59 Å². The summed E-state index contributed by atoms with van der Waals surface area (Å²) >= 11 is 5.86. The maximum Gasteiger partial charge on any atom is 0.298 e. The Bertz CT molecular complexity index is 962. The first-order chi connectivity index (χ1) is 11.0. The Labute approximate surface area is 135 Å². The molecule has 1 amide bonds. The van der Waals surface area contributed by atoms with Crippen LogP contribution in [0.1, 0.15) is 5.69 Å². The molecule has 0 aliphatic rings. The fraction of sp³-hybridized carbons (Fsp3) is 0.214. The second-order valence-corrected chi connectivity index (χ2v) is 5.45. The quantitative estimate of drug-likeness (QED) is 0.775. The molecular formula is C14H13ClN6O2. The fourth-order valence-corrected chi connectivity index (χ4v) is 2.32. The number of aryl methyl sites for hydroxylation is 2. The molecule has 2 aromatic heterocycles. The monoisotopic (exact) mass is 332 g/mol. The molecule has 3 aromatic rings. The van der Waals surface area contributed by atoms with Crippen LogP contribution < -0.4 is 10.9 Å². The Morgan fingerprint density at radius 2 is 2.13 bits per heavy atom. The maximum atomic E-state index is 12.3. The van der Waals surface area contributed by atoms with Gasteiger partial charge in [0.1, 0.15) is 12.1 Å². The highest BCUT2D eigenvalue weighted by molar-refractivity contribution is 6.30. The van der Waals surface area contributed by atoms with Crippen molar-refractivity contribution in [3.8, 4) is 0 Å². The summed E-state index contributed by atoms with van der Waals surface area (Å²) in [6.07, 6.45) is 0. The van der Waals surface area contributed by atoms with E-state index in [1.165, 1.54) is 0 Å². The predicted molar refractivity (Wildman–Crippen MR) is 85.4 cm³/mol. The van der Waals surface area contributed by atoms with Crippen molar-refractivity contribution in [2.24, 2.45) is 7.05 Å². The first kappa shape index (κ1) is 15.2. The third-order valence-corrected chi connectivity index (χ3v) is 3.63. The number of benzene rings is 1. The number of anilines is 1. The smallest absolute Gasteiger partial charge is 0.298 e. The summed E-state index contributed by atoms with van der Waals surface area (Å²) in [5.74, 6) is -0.407. The predicted octanol–water partition coefficient (Wildman–Crippen LogP) is 1.13. The van der Waals surface area contributed by atoms with E-state index < -0.39 is 11.5 Å². The lowest BCUT2D eigenvalue weighted by Crippen LogP contribution is -2.30. The van der Waals surface area contributed by atoms with Crippen LogP contribution in [-0.4, -0.2) is 30.7 Å². The highest BCUT2D eigenvalue weighted by Gasteiger charge is 2.15. The molecular weight excluding hydrogens is 320 g/mol. The molecule has 1 N–H and O–H groups in total. The third-order valence-electron chi connectivity index (χ3n) is 3.39. The average molecular weight is 333 g/mol. The normalized spacial score (nSPS) is 10.9. The van der Waals surface area contributed by atoms with Gasteiger partial charge in [0, 0.05) is 17.8 Å². The molecule has 0 bridgehead atoms. The Morgan fingerprint density at radius 3 is 2.87 bits per heavy atom. The molecule has 0 radical (unpaired) electrons. The van der Waals surface area contributed by atoms with Crippen molar-refractivity contribution in [3.63, 3.8) is 0 Å². The van der Waals surface area contributed by atoms with Crippen LogP contribution in [0.2, 0.25) is 5.02 Å². The lowest BCUT2D eigenvalue weighted by molar-refractivity contribution is -0.117. The van der Waals surface area contributed by atoms with E-state index in [0.717, 1.165) is 10.4 Å². The number of aromatic nitrogens is 5. The number of hydrogen-bond acceptors (Lipinski definition) is 5. The van der Waals surface area contributed by atoms with Gasteiger partial charge in [-0.15, -0.1) is 5.10 Å². The summed E-state index contributed by atoms with van der Waals surface area (Å²) in [5, 5.41) is 15.0.